The van der Waals surface area contributed by atoms with Crippen LogP contribution in [-0.2, 0) is 16.0 Å². The molecule has 2 amide bonds. The minimum atomic E-state index is -0.927. The van der Waals surface area contributed by atoms with Gasteiger partial charge in [0.25, 0.3) is 5.91 Å². The van der Waals surface area contributed by atoms with E-state index in [9.17, 15) is 24.6 Å². The van der Waals surface area contributed by atoms with Gasteiger partial charge >= 0.3 is 5.97 Å². The first-order valence-electron chi connectivity index (χ1n) is 18.1. The van der Waals surface area contributed by atoms with Gasteiger partial charge < -0.3 is 20.8 Å². The Kier molecular flexibility index (Phi) is 17.9. The molecule has 0 saturated heterocycles. The Hall–Kier alpha value is -4.13. The molecule has 3 aromatic rings. The standard InChI is InChI=1S/C41H56N2O5/c1-2-3-4-5-6-7-8-9-10-11-12-13-14-15-16-17-21-34(41(47)48)31-38(44)43-35-26-23-32(24-27-35)29-30-42-40(46)37-28-25-33-20-18-19-22-36(33)39(37)45/h11-12,18-20,22-28,34,45H,2-10,13-17,21,29-31H2,1H3,(H,42,46)(H,43,44)(H,47,48)/b12-11+. The Labute approximate surface area is 287 Å². The molecular weight excluding hydrogens is 600 g/mol. The topological polar surface area (TPSA) is 116 Å². The second-order valence-electron chi connectivity index (χ2n) is 12.9. The third-order valence-corrected chi connectivity index (χ3v) is 8.93. The van der Waals surface area contributed by atoms with Crippen LogP contribution in [0.3, 0.4) is 0 Å². The lowest BCUT2D eigenvalue weighted by Crippen LogP contribution is -2.25. The third-order valence-electron chi connectivity index (χ3n) is 8.93. The van der Waals surface area contributed by atoms with E-state index in [-0.39, 0.29) is 29.5 Å². The Balaban J connectivity index is 1.26. The van der Waals surface area contributed by atoms with Crippen LogP contribution in [0.25, 0.3) is 10.8 Å². The summed E-state index contributed by atoms with van der Waals surface area (Å²) in [5.41, 5.74) is 1.81. The number of anilines is 1. The summed E-state index contributed by atoms with van der Waals surface area (Å²) in [5, 5.41) is 27.4. The number of amides is 2. The van der Waals surface area contributed by atoms with Crippen LogP contribution in [0.5, 0.6) is 5.75 Å². The molecule has 1 atom stereocenters. The van der Waals surface area contributed by atoms with E-state index in [1.165, 1.54) is 57.8 Å². The maximum Gasteiger partial charge on any atom is 0.307 e. The average Bonchev–Trinajstić information content (AvgIpc) is 3.08. The summed E-state index contributed by atoms with van der Waals surface area (Å²) in [5.74, 6) is -2.30. The predicted octanol–water partition coefficient (Wildman–Crippen LogP) is 9.97. The summed E-state index contributed by atoms with van der Waals surface area (Å²) in [6, 6.07) is 18.1. The molecule has 0 aliphatic rings. The van der Waals surface area contributed by atoms with Gasteiger partial charge in [-0.25, -0.2) is 0 Å². The molecule has 48 heavy (non-hydrogen) atoms. The molecule has 0 fully saturated rings. The van der Waals surface area contributed by atoms with Crippen molar-refractivity contribution >= 4 is 34.2 Å². The molecule has 0 aliphatic heterocycles. The van der Waals surface area contributed by atoms with Gasteiger partial charge in [-0.1, -0.05) is 126 Å². The van der Waals surface area contributed by atoms with E-state index in [4.69, 9.17) is 0 Å². The van der Waals surface area contributed by atoms with Crippen LogP contribution in [0, 0.1) is 5.92 Å². The molecule has 0 radical (unpaired) electrons. The van der Waals surface area contributed by atoms with Crippen molar-refractivity contribution in [3.8, 4) is 5.75 Å². The Morgan fingerprint density at radius 2 is 1.38 bits per heavy atom. The Bertz CT molecular complexity index is 1430. The van der Waals surface area contributed by atoms with E-state index in [0.29, 0.717) is 30.5 Å². The highest BCUT2D eigenvalue weighted by Gasteiger charge is 2.21. The Morgan fingerprint density at radius 1 is 0.750 bits per heavy atom. The summed E-state index contributed by atoms with van der Waals surface area (Å²) in [6.45, 7) is 2.64. The first-order chi connectivity index (χ1) is 23.4. The van der Waals surface area contributed by atoms with Crippen LogP contribution in [0.15, 0.2) is 72.8 Å². The number of hydrogen-bond donors (Lipinski definition) is 4. The van der Waals surface area contributed by atoms with Crippen molar-refractivity contribution in [2.75, 3.05) is 11.9 Å². The average molecular weight is 657 g/mol. The van der Waals surface area contributed by atoms with Crippen molar-refractivity contribution in [3.05, 3.63) is 83.9 Å². The van der Waals surface area contributed by atoms with Gasteiger partial charge in [0.2, 0.25) is 5.91 Å². The Morgan fingerprint density at radius 3 is 2.04 bits per heavy atom. The number of carboxylic acids is 1. The number of carboxylic acid groups (broad SMARTS) is 1. The first-order valence-corrected chi connectivity index (χ1v) is 18.1. The number of unbranched alkanes of at least 4 members (excludes halogenated alkanes) is 12. The van der Waals surface area contributed by atoms with Crippen LogP contribution in [0.4, 0.5) is 5.69 Å². The van der Waals surface area contributed by atoms with Crippen LogP contribution in [0.2, 0.25) is 0 Å². The molecule has 0 aliphatic carbocycles. The second-order valence-corrected chi connectivity index (χ2v) is 12.9. The number of phenols is 1. The highest BCUT2D eigenvalue weighted by atomic mass is 16.4. The van der Waals surface area contributed by atoms with E-state index in [1.807, 2.05) is 36.4 Å². The summed E-state index contributed by atoms with van der Waals surface area (Å²) in [7, 11) is 0. The number of aromatic hydroxyl groups is 1. The van der Waals surface area contributed by atoms with Crippen LogP contribution >= 0.6 is 0 Å². The van der Waals surface area contributed by atoms with Crippen molar-refractivity contribution in [1.82, 2.24) is 5.32 Å². The molecule has 3 rings (SSSR count). The largest absolute Gasteiger partial charge is 0.506 e. The van der Waals surface area contributed by atoms with Crippen molar-refractivity contribution in [2.24, 2.45) is 5.92 Å². The van der Waals surface area contributed by atoms with Crippen LogP contribution < -0.4 is 10.6 Å². The summed E-state index contributed by atoms with van der Waals surface area (Å²) < 4.78 is 0. The molecule has 0 bridgehead atoms. The zero-order valence-corrected chi connectivity index (χ0v) is 28.9. The molecular formula is C41H56N2O5. The van der Waals surface area contributed by atoms with Crippen molar-refractivity contribution in [2.45, 2.75) is 116 Å². The number of rotatable bonds is 24. The number of aliphatic carboxylic acids is 1. The molecule has 0 heterocycles. The predicted molar refractivity (Wildman–Crippen MR) is 197 cm³/mol. The fourth-order valence-corrected chi connectivity index (χ4v) is 6.00. The van der Waals surface area contributed by atoms with E-state index in [0.717, 1.165) is 43.1 Å². The zero-order valence-electron chi connectivity index (χ0n) is 28.9. The highest BCUT2D eigenvalue weighted by molar-refractivity contribution is 6.03. The first kappa shape index (κ1) is 38.3. The van der Waals surface area contributed by atoms with Gasteiger partial charge in [-0.3, -0.25) is 14.4 Å². The van der Waals surface area contributed by atoms with Crippen molar-refractivity contribution in [1.29, 1.82) is 0 Å². The lowest BCUT2D eigenvalue weighted by Gasteiger charge is -2.13. The van der Waals surface area contributed by atoms with Gasteiger partial charge in [0.15, 0.2) is 0 Å². The molecule has 0 spiro atoms. The number of carbonyl (C=O) groups is 3. The maximum atomic E-state index is 12.7. The van der Waals surface area contributed by atoms with Gasteiger partial charge in [0.05, 0.1) is 11.5 Å². The lowest BCUT2D eigenvalue weighted by molar-refractivity contribution is -0.143. The minimum Gasteiger partial charge on any atom is -0.506 e. The summed E-state index contributed by atoms with van der Waals surface area (Å²) in [4.78, 5) is 37.1. The fraction of sp³-hybridized carbons (Fsp3) is 0.488. The smallest absolute Gasteiger partial charge is 0.307 e. The molecule has 7 heteroatoms. The zero-order chi connectivity index (χ0) is 34.4. The molecule has 0 aromatic heterocycles. The van der Waals surface area contributed by atoms with Crippen molar-refractivity contribution < 1.29 is 24.6 Å². The highest BCUT2D eigenvalue weighted by Crippen LogP contribution is 2.28. The molecule has 0 saturated carbocycles. The minimum absolute atomic E-state index is 0.0292. The van der Waals surface area contributed by atoms with E-state index >= 15 is 0 Å². The lowest BCUT2D eigenvalue weighted by atomic mass is 9.97. The van der Waals surface area contributed by atoms with E-state index in [2.05, 4.69) is 29.7 Å². The maximum absolute atomic E-state index is 12.7. The number of nitrogens with one attached hydrogen (secondary N) is 2. The molecule has 7 nitrogen and oxygen atoms in total. The summed E-state index contributed by atoms with van der Waals surface area (Å²) in [6.07, 6.45) is 22.6. The number of hydrogen-bond acceptors (Lipinski definition) is 4. The summed E-state index contributed by atoms with van der Waals surface area (Å²) >= 11 is 0. The van der Waals surface area contributed by atoms with Crippen LogP contribution in [0.1, 0.15) is 126 Å². The number of carbonyl (C=O) groups excluding carboxylic acids is 2. The number of phenolic OH excluding ortho intramolecular Hbond substituents is 1. The van der Waals surface area contributed by atoms with E-state index in [1.54, 1.807) is 24.3 Å². The molecule has 260 valence electrons. The van der Waals surface area contributed by atoms with Crippen LogP contribution in [-0.4, -0.2) is 34.5 Å². The van der Waals surface area contributed by atoms with Gasteiger partial charge in [0.1, 0.15) is 5.75 Å². The molecule has 4 N–H and O–H groups in total. The SMILES string of the molecule is CCCCCCCCCC/C=C/CCCCCCC(CC(=O)Nc1ccc(CCNC(=O)c2ccc3ccccc3c2O)cc1)C(=O)O. The molecule has 1 unspecified atom stereocenters. The fourth-order valence-electron chi connectivity index (χ4n) is 6.00. The number of fused-ring (bicyclic) bond motifs is 1. The number of allylic oxidation sites excluding steroid dienone is 2. The van der Waals surface area contributed by atoms with Gasteiger partial charge in [0, 0.05) is 24.0 Å². The van der Waals surface area contributed by atoms with Gasteiger partial charge in [-0.2, -0.15) is 0 Å². The van der Waals surface area contributed by atoms with Gasteiger partial charge in [-0.05, 0) is 67.7 Å². The monoisotopic (exact) mass is 656 g/mol. The quantitative estimate of drug-likeness (QED) is 0.0566. The van der Waals surface area contributed by atoms with Crippen molar-refractivity contribution in [3.63, 3.8) is 0 Å². The van der Waals surface area contributed by atoms with Gasteiger partial charge in [-0.15, -0.1) is 0 Å². The molecule has 3 aromatic carbocycles. The normalized spacial score (nSPS) is 11.9. The van der Waals surface area contributed by atoms with E-state index < -0.39 is 11.9 Å². The number of benzene rings is 3. The third kappa shape index (κ3) is 14.3. The second kappa shape index (κ2) is 22.4.